The Labute approximate surface area is 99.6 Å². The summed E-state index contributed by atoms with van der Waals surface area (Å²) in [5.74, 6) is 1.22. The van der Waals surface area contributed by atoms with E-state index in [4.69, 9.17) is 0 Å². The average Bonchev–Trinajstić information content (AvgIpc) is 2.27. The predicted molar refractivity (Wildman–Crippen MR) is 67.3 cm³/mol. The lowest BCUT2D eigenvalue weighted by Crippen LogP contribution is -2.43. The van der Waals surface area contributed by atoms with Crippen molar-refractivity contribution in [2.75, 3.05) is 26.2 Å². The Balaban J connectivity index is 2.32. The first-order valence-corrected chi connectivity index (χ1v) is 6.63. The number of nitrogens with one attached hydrogen (secondary N) is 1. The Kier molecular flexibility index (Phi) is 5.81. The first-order valence-electron chi connectivity index (χ1n) is 6.63. The number of carbonyl (C=O) groups is 1. The van der Waals surface area contributed by atoms with Gasteiger partial charge in [0.1, 0.15) is 0 Å². The monoisotopic (exact) mass is 226 g/mol. The van der Waals surface area contributed by atoms with E-state index in [2.05, 4.69) is 24.1 Å². The van der Waals surface area contributed by atoms with Gasteiger partial charge in [-0.05, 0) is 45.2 Å². The van der Waals surface area contributed by atoms with Gasteiger partial charge in [0.05, 0.1) is 5.92 Å². The SMILES string of the molecule is CCNC(=O)C1CCCN(CCC(C)C)C1. The summed E-state index contributed by atoms with van der Waals surface area (Å²) in [6, 6.07) is 0. The second kappa shape index (κ2) is 6.89. The molecule has 1 unspecified atom stereocenters. The molecule has 1 amide bonds. The van der Waals surface area contributed by atoms with E-state index in [1.807, 2.05) is 6.92 Å². The Morgan fingerprint density at radius 3 is 2.88 bits per heavy atom. The third kappa shape index (κ3) is 4.52. The first kappa shape index (κ1) is 13.5. The summed E-state index contributed by atoms with van der Waals surface area (Å²) >= 11 is 0. The summed E-state index contributed by atoms with van der Waals surface area (Å²) in [4.78, 5) is 14.2. The van der Waals surface area contributed by atoms with Crippen LogP contribution < -0.4 is 5.32 Å². The van der Waals surface area contributed by atoms with Crippen LogP contribution in [0.4, 0.5) is 0 Å². The van der Waals surface area contributed by atoms with Crippen LogP contribution in [-0.4, -0.2) is 37.0 Å². The van der Waals surface area contributed by atoms with Gasteiger partial charge < -0.3 is 10.2 Å². The fourth-order valence-corrected chi connectivity index (χ4v) is 2.23. The van der Waals surface area contributed by atoms with Crippen LogP contribution >= 0.6 is 0 Å². The van der Waals surface area contributed by atoms with Gasteiger partial charge in [0, 0.05) is 13.1 Å². The Hall–Kier alpha value is -0.570. The van der Waals surface area contributed by atoms with Gasteiger partial charge in [0.25, 0.3) is 0 Å². The molecule has 0 spiro atoms. The minimum Gasteiger partial charge on any atom is -0.356 e. The van der Waals surface area contributed by atoms with Crippen LogP contribution in [-0.2, 0) is 4.79 Å². The van der Waals surface area contributed by atoms with Crippen molar-refractivity contribution in [3.63, 3.8) is 0 Å². The maximum absolute atomic E-state index is 11.7. The van der Waals surface area contributed by atoms with E-state index in [1.165, 1.54) is 19.4 Å². The van der Waals surface area contributed by atoms with Crippen molar-refractivity contribution >= 4 is 5.91 Å². The van der Waals surface area contributed by atoms with Gasteiger partial charge in [-0.2, -0.15) is 0 Å². The predicted octanol–water partition coefficient (Wildman–Crippen LogP) is 1.88. The third-order valence-electron chi connectivity index (χ3n) is 3.25. The average molecular weight is 226 g/mol. The summed E-state index contributed by atoms with van der Waals surface area (Å²) in [6.45, 7) is 10.5. The number of carbonyl (C=O) groups excluding carboxylic acids is 1. The summed E-state index contributed by atoms with van der Waals surface area (Å²) < 4.78 is 0. The molecule has 0 aromatic heterocycles. The van der Waals surface area contributed by atoms with Gasteiger partial charge in [-0.3, -0.25) is 4.79 Å². The van der Waals surface area contributed by atoms with Crippen LogP contribution in [0.1, 0.15) is 40.0 Å². The lowest BCUT2D eigenvalue weighted by Gasteiger charge is -2.32. The molecule has 0 aromatic rings. The molecule has 3 heteroatoms. The summed E-state index contributed by atoms with van der Waals surface area (Å²) in [5.41, 5.74) is 0. The number of nitrogens with zero attached hydrogens (tertiary/aromatic N) is 1. The van der Waals surface area contributed by atoms with E-state index in [-0.39, 0.29) is 11.8 Å². The van der Waals surface area contributed by atoms with Crippen molar-refractivity contribution in [1.82, 2.24) is 10.2 Å². The zero-order chi connectivity index (χ0) is 12.0. The molecule has 0 radical (unpaired) electrons. The molecule has 0 aliphatic carbocycles. The van der Waals surface area contributed by atoms with Crippen LogP contribution in [0.3, 0.4) is 0 Å². The van der Waals surface area contributed by atoms with E-state index < -0.39 is 0 Å². The van der Waals surface area contributed by atoms with Crippen LogP contribution in [0, 0.1) is 11.8 Å². The van der Waals surface area contributed by atoms with Crippen molar-refractivity contribution < 1.29 is 4.79 Å². The molecule has 1 saturated heterocycles. The van der Waals surface area contributed by atoms with Gasteiger partial charge in [-0.15, -0.1) is 0 Å². The molecule has 1 rings (SSSR count). The Morgan fingerprint density at radius 2 is 2.25 bits per heavy atom. The normalized spacial score (nSPS) is 22.4. The van der Waals surface area contributed by atoms with Gasteiger partial charge in [-0.25, -0.2) is 0 Å². The summed E-state index contributed by atoms with van der Waals surface area (Å²) in [7, 11) is 0. The molecule has 94 valence electrons. The van der Waals surface area contributed by atoms with Gasteiger partial charge in [0.2, 0.25) is 5.91 Å². The largest absolute Gasteiger partial charge is 0.356 e. The maximum atomic E-state index is 11.7. The molecule has 1 heterocycles. The van der Waals surface area contributed by atoms with Gasteiger partial charge in [-0.1, -0.05) is 13.8 Å². The number of hydrogen-bond donors (Lipinski definition) is 1. The molecule has 0 bridgehead atoms. The summed E-state index contributed by atoms with van der Waals surface area (Å²) in [6.07, 6.45) is 3.46. The second-order valence-corrected chi connectivity index (χ2v) is 5.22. The number of likely N-dealkylation sites (tertiary alicyclic amines) is 1. The molecule has 1 N–H and O–H groups in total. The molecule has 3 nitrogen and oxygen atoms in total. The van der Waals surface area contributed by atoms with E-state index in [0.29, 0.717) is 0 Å². The van der Waals surface area contributed by atoms with Crippen LogP contribution in [0.25, 0.3) is 0 Å². The number of rotatable bonds is 5. The lowest BCUT2D eigenvalue weighted by atomic mass is 9.96. The second-order valence-electron chi connectivity index (χ2n) is 5.22. The molecule has 16 heavy (non-hydrogen) atoms. The molecule has 0 aromatic carbocycles. The highest BCUT2D eigenvalue weighted by molar-refractivity contribution is 5.78. The Bertz CT molecular complexity index is 216. The van der Waals surface area contributed by atoms with Crippen LogP contribution in [0.15, 0.2) is 0 Å². The Morgan fingerprint density at radius 1 is 1.50 bits per heavy atom. The van der Waals surface area contributed by atoms with Crippen LogP contribution in [0.2, 0.25) is 0 Å². The molecule has 1 aliphatic rings. The maximum Gasteiger partial charge on any atom is 0.224 e. The van der Waals surface area contributed by atoms with E-state index in [1.54, 1.807) is 0 Å². The number of amides is 1. The highest BCUT2D eigenvalue weighted by atomic mass is 16.1. The molecule has 1 atom stereocenters. The molecular weight excluding hydrogens is 200 g/mol. The fourth-order valence-electron chi connectivity index (χ4n) is 2.23. The van der Waals surface area contributed by atoms with Crippen molar-refractivity contribution in [3.05, 3.63) is 0 Å². The zero-order valence-electron chi connectivity index (χ0n) is 11.0. The highest BCUT2D eigenvalue weighted by Gasteiger charge is 2.24. The molecule has 0 saturated carbocycles. The molecule has 1 fully saturated rings. The summed E-state index contributed by atoms with van der Waals surface area (Å²) in [5, 5.41) is 2.94. The number of piperidine rings is 1. The highest BCUT2D eigenvalue weighted by Crippen LogP contribution is 2.17. The van der Waals surface area contributed by atoms with Crippen molar-refractivity contribution in [2.24, 2.45) is 11.8 Å². The van der Waals surface area contributed by atoms with E-state index in [0.717, 1.165) is 32.0 Å². The van der Waals surface area contributed by atoms with Crippen molar-refractivity contribution in [2.45, 2.75) is 40.0 Å². The van der Waals surface area contributed by atoms with Crippen molar-refractivity contribution in [1.29, 1.82) is 0 Å². The molecule has 1 aliphatic heterocycles. The topological polar surface area (TPSA) is 32.3 Å². The van der Waals surface area contributed by atoms with E-state index in [9.17, 15) is 4.79 Å². The fraction of sp³-hybridized carbons (Fsp3) is 0.923. The smallest absolute Gasteiger partial charge is 0.224 e. The third-order valence-corrected chi connectivity index (χ3v) is 3.25. The van der Waals surface area contributed by atoms with E-state index >= 15 is 0 Å². The van der Waals surface area contributed by atoms with Gasteiger partial charge >= 0.3 is 0 Å². The van der Waals surface area contributed by atoms with Crippen LogP contribution in [0.5, 0.6) is 0 Å². The standard InChI is InChI=1S/C13H26N2O/c1-4-14-13(16)12-6-5-8-15(10-12)9-7-11(2)3/h11-12H,4-10H2,1-3H3,(H,14,16). The van der Waals surface area contributed by atoms with Crippen molar-refractivity contribution in [3.8, 4) is 0 Å². The lowest BCUT2D eigenvalue weighted by molar-refractivity contribution is -0.126. The number of hydrogen-bond acceptors (Lipinski definition) is 2. The minimum atomic E-state index is 0.223. The quantitative estimate of drug-likeness (QED) is 0.776. The first-order chi connectivity index (χ1) is 7.63. The van der Waals surface area contributed by atoms with Gasteiger partial charge in [0.15, 0.2) is 0 Å². The minimum absolute atomic E-state index is 0.223. The zero-order valence-corrected chi connectivity index (χ0v) is 11.0. The molecular formula is C13H26N2O.